The van der Waals surface area contributed by atoms with Crippen molar-refractivity contribution in [3.63, 3.8) is 0 Å². The van der Waals surface area contributed by atoms with Gasteiger partial charge in [-0.1, -0.05) is 48.5 Å². The third-order valence-corrected chi connectivity index (χ3v) is 9.41. The van der Waals surface area contributed by atoms with E-state index < -0.39 is 18.2 Å². The number of aliphatic hydroxyl groups excluding tert-OH is 1. The molecule has 4 aromatic rings. The van der Waals surface area contributed by atoms with Crippen LogP contribution >= 0.6 is 0 Å². The molecule has 2 heterocycles. The molecule has 4 atom stereocenters. The van der Waals surface area contributed by atoms with Crippen LogP contribution in [-0.2, 0) is 4.74 Å². The topological polar surface area (TPSA) is 158 Å². The predicted octanol–water partition coefficient (Wildman–Crippen LogP) is 7.05. The highest BCUT2D eigenvalue weighted by Gasteiger charge is 2.31. The number of nitrogens with one attached hydrogen (secondary N) is 3. The second-order valence-electron chi connectivity index (χ2n) is 13.6. The van der Waals surface area contributed by atoms with Gasteiger partial charge >= 0.3 is 12.1 Å². The Labute approximate surface area is 304 Å². The van der Waals surface area contributed by atoms with Gasteiger partial charge in [0.1, 0.15) is 17.1 Å². The molecule has 5 amide bonds. The molecule has 1 aliphatic heterocycles. The average molecular weight is 715 g/mol. The first-order chi connectivity index (χ1) is 24.9. The Morgan fingerprint density at radius 2 is 1.81 bits per heavy atom. The number of benzene rings is 3. The quantitative estimate of drug-likeness (QED) is 0.159. The molecule has 5 rings (SSSR count). The van der Waals surface area contributed by atoms with Crippen LogP contribution in [0.4, 0.5) is 26.7 Å². The summed E-state index contributed by atoms with van der Waals surface area (Å²) in [5, 5.41) is 24.8. The van der Waals surface area contributed by atoms with Crippen LogP contribution in [0, 0.1) is 19.8 Å². The number of likely N-dealkylation sites (N-methyl/N-ethyl adjacent to an activating group) is 1. The summed E-state index contributed by atoms with van der Waals surface area (Å²) in [6.45, 7) is 9.85. The van der Waals surface area contributed by atoms with E-state index in [2.05, 4.69) is 21.1 Å². The number of rotatable bonds is 7. The molecule has 3 aromatic carbocycles. The third-order valence-electron chi connectivity index (χ3n) is 9.41. The Kier molecular flexibility index (Phi) is 12.7. The van der Waals surface area contributed by atoms with Gasteiger partial charge in [-0.25, -0.2) is 9.59 Å². The van der Waals surface area contributed by atoms with Crippen LogP contribution in [0.1, 0.15) is 61.8 Å². The van der Waals surface area contributed by atoms with Crippen molar-refractivity contribution in [3.05, 3.63) is 77.7 Å². The Morgan fingerprint density at radius 1 is 1.04 bits per heavy atom. The van der Waals surface area contributed by atoms with E-state index in [1.165, 1.54) is 0 Å². The van der Waals surface area contributed by atoms with Gasteiger partial charge in [-0.3, -0.25) is 4.79 Å². The van der Waals surface area contributed by atoms with Gasteiger partial charge in [0.05, 0.1) is 36.1 Å². The third kappa shape index (κ3) is 9.39. The largest absolute Gasteiger partial charge is 0.490 e. The first kappa shape index (κ1) is 38.1. The summed E-state index contributed by atoms with van der Waals surface area (Å²) < 4.78 is 17.9. The van der Waals surface area contributed by atoms with Crippen molar-refractivity contribution in [1.29, 1.82) is 0 Å². The molecular weight excluding hydrogens is 664 g/mol. The summed E-state index contributed by atoms with van der Waals surface area (Å²) in [5.41, 5.74) is 2.42. The van der Waals surface area contributed by atoms with Gasteiger partial charge in [0.15, 0.2) is 5.76 Å². The lowest BCUT2D eigenvalue weighted by Gasteiger charge is -2.35. The average Bonchev–Trinajstić information content (AvgIpc) is 3.44. The molecule has 1 aliphatic rings. The molecule has 0 saturated carbocycles. The number of amides is 5. The molecule has 52 heavy (non-hydrogen) atoms. The van der Waals surface area contributed by atoms with Crippen molar-refractivity contribution >= 4 is 45.8 Å². The molecule has 0 aliphatic carbocycles. The van der Waals surface area contributed by atoms with Crippen molar-refractivity contribution < 1.29 is 33.5 Å². The molecule has 278 valence electrons. The van der Waals surface area contributed by atoms with Gasteiger partial charge in [0.25, 0.3) is 5.91 Å². The zero-order chi connectivity index (χ0) is 37.4. The number of urea groups is 2. The summed E-state index contributed by atoms with van der Waals surface area (Å²) in [7, 11) is 1.69. The lowest BCUT2D eigenvalue weighted by atomic mass is 10.0. The van der Waals surface area contributed by atoms with E-state index in [0.29, 0.717) is 40.9 Å². The molecule has 0 radical (unpaired) electrons. The Balaban J connectivity index is 1.38. The fourth-order valence-corrected chi connectivity index (χ4v) is 6.30. The highest BCUT2D eigenvalue weighted by Crippen LogP contribution is 2.29. The van der Waals surface area contributed by atoms with Gasteiger partial charge in [-0.05, 0) is 76.6 Å². The maximum atomic E-state index is 14.5. The number of aromatic nitrogens is 1. The number of aryl methyl sites for hydroxylation is 2. The zero-order valence-corrected chi connectivity index (χ0v) is 30.8. The number of hydrogen-bond donors (Lipinski definition) is 4. The normalized spacial score (nSPS) is 19.2. The number of hydrogen-bond acceptors (Lipinski definition) is 8. The Morgan fingerprint density at radius 3 is 2.56 bits per heavy atom. The van der Waals surface area contributed by atoms with Crippen LogP contribution < -0.4 is 20.7 Å². The minimum Gasteiger partial charge on any atom is -0.490 e. The van der Waals surface area contributed by atoms with Crippen molar-refractivity contribution in [1.82, 2.24) is 15.0 Å². The maximum absolute atomic E-state index is 14.5. The highest BCUT2D eigenvalue weighted by molar-refractivity contribution is 6.07. The van der Waals surface area contributed by atoms with Crippen LogP contribution in [0.2, 0.25) is 0 Å². The van der Waals surface area contributed by atoms with E-state index in [1.807, 2.05) is 56.3 Å². The van der Waals surface area contributed by atoms with Crippen LogP contribution in [0.3, 0.4) is 0 Å². The van der Waals surface area contributed by atoms with Crippen LogP contribution in [-0.4, -0.2) is 89.6 Å². The summed E-state index contributed by atoms with van der Waals surface area (Å²) in [5.74, 6) is 0.289. The molecular formula is C39H50N6O7. The molecule has 13 heteroatoms. The molecule has 4 N–H and O–H groups in total. The standard InChI is InChI=1S/C39H50N6O7/c1-24-21-45(25(2)23-46)37(47)32-20-30(40-38(48)41-33-16-11-14-29-13-7-8-15-31(29)33)17-18-34(32)51-26(3)12-9-10-19-50-35(24)22-44(6)39(49)42-36-27(4)43-52-28(36)5/h7-8,11,13-18,20,24-26,35,46H,9-10,12,19,21-23H2,1-6H3,(H,42,49)(H2,40,41,48)/t24-,25+,26-,35+/m0/s1. The fraction of sp³-hybridized carbons (Fsp3) is 0.436. The molecule has 1 aromatic heterocycles. The van der Waals surface area contributed by atoms with E-state index in [4.69, 9.17) is 14.0 Å². The van der Waals surface area contributed by atoms with E-state index in [-0.39, 0.29) is 49.2 Å². The number of nitrogens with zero attached hydrogens (tertiary/aromatic N) is 3. The molecule has 13 nitrogen and oxygen atoms in total. The smallest absolute Gasteiger partial charge is 0.323 e. The van der Waals surface area contributed by atoms with Gasteiger partial charge in [-0.2, -0.15) is 0 Å². The van der Waals surface area contributed by atoms with Crippen molar-refractivity contribution in [2.75, 3.05) is 49.3 Å². The highest BCUT2D eigenvalue weighted by atomic mass is 16.5. The van der Waals surface area contributed by atoms with Crippen LogP contribution in [0.5, 0.6) is 5.75 Å². The second kappa shape index (κ2) is 17.4. The minimum atomic E-state index is -0.555. The molecule has 0 unspecified atom stereocenters. The summed E-state index contributed by atoms with van der Waals surface area (Å²) >= 11 is 0. The number of ether oxygens (including phenoxy) is 2. The van der Waals surface area contributed by atoms with E-state index in [1.54, 1.807) is 55.8 Å². The fourth-order valence-electron chi connectivity index (χ4n) is 6.30. The Bertz CT molecular complexity index is 1840. The number of carbonyl (C=O) groups excluding carboxylic acids is 3. The monoisotopic (exact) mass is 714 g/mol. The molecule has 0 saturated heterocycles. The lowest BCUT2D eigenvalue weighted by molar-refractivity contribution is -0.0115. The number of carbonyl (C=O) groups is 3. The Hall–Kier alpha value is -5.14. The molecule has 0 fully saturated rings. The van der Waals surface area contributed by atoms with Gasteiger partial charge in [-0.15, -0.1) is 0 Å². The second-order valence-corrected chi connectivity index (χ2v) is 13.6. The predicted molar refractivity (Wildman–Crippen MR) is 201 cm³/mol. The summed E-state index contributed by atoms with van der Waals surface area (Å²) in [4.78, 5) is 44.1. The van der Waals surface area contributed by atoms with E-state index in [0.717, 1.165) is 30.0 Å². The van der Waals surface area contributed by atoms with Gasteiger partial charge in [0, 0.05) is 43.7 Å². The summed E-state index contributed by atoms with van der Waals surface area (Å²) in [6.07, 6.45) is 1.70. The van der Waals surface area contributed by atoms with Crippen molar-refractivity contribution in [3.8, 4) is 5.75 Å². The number of aliphatic hydroxyl groups is 1. The lowest BCUT2D eigenvalue weighted by Crippen LogP contribution is -2.48. The summed E-state index contributed by atoms with van der Waals surface area (Å²) in [6, 6.07) is 17.1. The number of anilines is 3. The van der Waals surface area contributed by atoms with Crippen LogP contribution in [0.15, 0.2) is 65.2 Å². The maximum Gasteiger partial charge on any atom is 0.323 e. The first-order valence-electron chi connectivity index (χ1n) is 17.8. The molecule has 0 bridgehead atoms. The van der Waals surface area contributed by atoms with Crippen molar-refractivity contribution in [2.24, 2.45) is 5.92 Å². The minimum absolute atomic E-state index is 0.208. The van der Waals surface area contributed by atoms with E-state index in [9.17, 15) is 19.5 Å². The first-order valence-corrected chi connectivity index (χ1v) is 17.8. The van der Waals surface area contributed by atoms with E-state index >= 15 is 0 Å². The van der Waals surface area contributed by atoms with Gasteiger partial charge < -0.3 is 44.9 Å². The van der Waals surface area contributed by atoms with Crippen molar-refractivity contribution in [2.45, 2.75) is 72.1 Å². The number of fused-ring (bicyclic) bond motifs is 2. The van der Waals surface area contributed by atoms with Crippen LogP contribution in [0.25, 0.3) is 10.8 Å². The zero-order valence-electron chi connectivity index (χ0n) is 30.8. The SMILES string of the molecule is Cc1noc(C)c1NC(=O)N(C)C[C@H]1OCCCC[C@H](C)Oc2ccc(NC(=O)Nc3cccc4ccccc34)cc2C(=O)N([C@H](C)CO)C[C@@H]1C. The molecule has 0 spiro atoms. The van der Waals surface area contributed by atoms with Gasteiger partial charge in [0.2, 0.25) is 0 Å².